The van der Waals surface area contributed by atoms with Crippen molar-refractivity contribution >= 4 is 5.91 Å². The summed E-state index contributed by atoms with van der Waals surface area (Å²) in [4.78, 5) is 14.0. The Morgan fingerprint density at radius 1 is 1.28 bits per heavy atom. The summed E-state index contributed by atoms with van der Waals surface area (Å²) in [5.41, 5.74) is 6.21. The average molecular weight is 254 g/mol. The summed E-state index contributed by atoms with van der Waals surface area (Å²) < 4.78 is 0. The molecule has 1 unspecified atom stereocenters. The first-order valence-corrected chi connectivity index (χ1v) is 7.30. The molecule has 1 atom stereocenters. The van der Waals surface area contributed by atoms with Gasteiger partial charge in [0.2, 0.25) is 5.91 Å². The highest BCUT2D eigenvalue weighted by atomic mass is 16.2. The summed E-state index contributed by atoms with van der Waals surface area (Å²) in [5.74, 6) is 0.774. The zero-order chi connectivity index (χ0) is 13.8. The SMILES string of the molecule is CN(CC(C)(C)C)C(=O)C(N)CC1CCCCC1. The number of rotatable bonds is 4. The van der Waals surface area contributed by atoms with E-state index in [1.807, 2.05) is 7.05 Å². The maximum atomic E-state index is 12.2. The number of nitrogens with zero attached hydrogens (tertiary/aromatic N) is 1. The molecule has 1 fully saturated rings. The fourth-order valence-electron chi connectivity index (χ4n) is 2.96. The first kappa shape index (κ1) is 15.5. The molecule has 0 aromatic carbocycles. The van der Waals surface area contributed by atoms with Gasteiger partial charge in [0.25, 0.3) is 0 Å². The Bertz CT molecular complexity index is 264. The number of carbonyl (C=O) groups is 1. The van der Waals surface area contributed by atoms with Crippen LogP contribution in [0.15, 0.2) is 0 Å². The monoisotopic (exact) mass is 254 g/mol. The van der Waals surface area contributed by atoms with Gasteiger partial charge in [-0.15, -0.1) is 0 Å². The molecule has 1 aliphatic rings. The molecule has 1 rings (SSSR count). The van der Waals surface area contributed by atoms with Crippen LogP contribution in [0.3, 0.4) is 0 Å². The third kappa shape index (κ3) is 5.38. The Balaban J connectivity index is 2.39. The lowest BCUT2D eigenvalue weighted by atomic mass is 9.84. The van der Waals surface area contributed by atoms with E-state index < -0.39 is 0 Å². The van der Waals surface area contributed by atoms with Gasteiger partial charge in [0.1, 0.15) is 0 Å². The summed E-state index contributed by atoms with van der Waals surface area (Å²) in [6.07, 6.45) is 7.34. The van der Waals surface area contributed by atoms with Gasteiger partial charge < -0.3 is 10.6 Å². The molecule has 0 aliphatic heterocycles. The van der Waals surface area contributed by atoms with Crippen LogP contribution in [0.4, 0.5) is 0 Å². The van der Waals surface area contributed by atoms with E-state index in [-0.39, 0.29) is 17.4 Å². The van der Waals surface area contributed by atoms with Gasteiger partial charge in [0.15, 0.2) is 0 Å². The van der Waals surface area contributed by atoms with Gasteiger partial charge in [-0.05, 0) is 17.8 Å². The number of carbonyl (C=O) groups excluding carboxylic acids is 1. The molecule has 0 heterocycles. The van der Waals surface area contributed by atoms with Crippen LogP contribution in [0.25, 0.3) is 0 Å². The Hall–Kier alpha value is -0.570. The summed E-state index contributed by atoms with van der Waals surface area (Å²) >= 11 is 0. The molecule has 1 amide bonds. The van der Waals surface area contributed by atoms with Crippen molar-refractivity contribution in [2.75, 3.05) is 13.6 Å². The Kier molecular flexibility index (Phi) is 5.64. The fourth-order valence-corrected chi connectivity index (χ4v) is 2.96. The van der Waals surface area contributed by atoms with Crippen molar-refractivity contribution in [2.24, 2.45) is 17.1 Å². The Labute approximate surface area is 112 Å². The maximum Gasteiger partial charge on any atom is 0.239 e. The molecule has 0 bridgehead atoms. The molecular formula is C15H30N2O. The van der Waals surface area contributed by atoms with Crippen molar-refractivity contribution in [3.8, 4) is 0 Å². The molecule has 0 radical (unpaired) electrons. The zero-order valence-corrected chi connectivity index (χ0v) is 12.5. The van der Waals surface area contributed by atoms with E-state index in [1.165, 1.54) is 32.1 Å². The highest BCUT2D eigenvalue weighted by molar-refractivity contribution is 5.81. The van der Waals surface area contributed by atoms with Crippen molar-refractivity contribution in [1.29, 1.82) is 0 Å². The van der Waals surface area contributed by atoms with Crippen LogP contribution in [0.1, 0.15) is 59.3 Å². The third-order valence-corrected chi connectivity index (χ3v) is 3.72. The summed E-state index contributed by atoms with van der Waals surface area (Å²) in [6.45, 7) is 7.19. The lowest BCUT2D eigenvalue weighted by Gasteiger charge is -2.30. The summed E-state index contributed by atoms with van der Waals surface area (Å²) in [7, 11) is 1.87. The van der Waals surface area contributed by atoms with Gasteiger partial charge in [-0.3, -0.25) is 4.79 Å². The third-order valence-electron chi connectivity index (χ3n) is 3.72. The molecular weight excluding hydrogens is 224 g/mol. The van der Waals surface area contributed by atoms with E-state index in [4.69, 9.17) is 5.73 Å². The Morgan fingerprint density at radius 2 is 1.83 bits per heavy atom. The predicted molar refractivity (Wildman–Crippen MR) is 76.3 cm³/mol. The molecule has 2 N–H and O–H groups in total. The minimum absolute atomic E-state index is 0.107. The second-order valence-electron chi connectivity index (χ2n) is 7.10. The smallest absolute Gasteiger partial charge is 0.239 e. The summed E-state index contributed by atoms with van der Waals surface area (Å²) in [5, 5.41) is 0. The second-order valence-corrected chi connectivity index (χ2v) is 7.10. The molecule has 0 aromatic rings. The second kappa shape index (κ2) is 6.55. The maximum absolute atomic E-state index is 12.2. The topological polar surface area (TPSA) is 46.3 Å². The fraction of sp³-hybridized carbons (Fsp3) is 0.933. The number of nitrogens with two attached hydrogens (primary N) is 1. The van der Waals surface area contributed by atoms with Gasteiger partial charge in [0, 0.05) is 13.6 Å². The van der Waals surface area contributed by atoms with Crippen molar-refractivity contribution < 1.29 is 4.79 Å². The van der Waals surface area contributed by atoms with Crippen LogP contribution >= 0.6 is 0 Å². The molecule has 0 spiro atoms. The van der Waals surface area contributed by atoms with Gasteiger partial charge in [0.05, 0.1) is 6.04 Å². The van der Waals surface area contributed by atoms with Crippen LogP contribution in [-0.4, -0.2) is 30.4 Å². The Morgan fingerprint density at radius 3 is 2.33 bits per heavy atom. The highest BCUT2D eigenvalue weighted by Crippen LogP contribution is 2.27. The largest absolute Gasteiger partial charge is 0.344 e. The first-order chi connectivity index (χ1) is 8.29. The minimum atomic E-state index is -0.305. The molecule has 3 nitrogen and oxygen atoms in total. The van der Waals surface area contributed by atoms with Crippen molar-refractivity contribution in [1.82, 2.24) is 4.90 Å². The molecule has 106 valence electrons. The van der Waals surface area contributed by atoms with E-state index in [0.29, 0.717) is 5.92 Å². The van der Waals surface area contributed by atoms with E-state index in [1.54, 1.807) is 4.90 Å². The van der Waals surface area contributed by atoms with E-state index in [2.05, 4.69) is 20.8 Å². The van der Waals surface area contributed by atoms with Gasteiger partial charge in [-0.2, -0.15) is 0 Å². The minimum Gasteiger partial charge on any atom is -0.344 e. The highest BCUT2D eigenvalue weighted by Gasteiger charge is 2.25. The van der Waals surface area contributed by atoms with Crippen LogP contribution < -0.4 is 5.73 Å². The van der Waals surface area contributed by atoms with E-state index >= 15 is 0 Å². The van der Waals surface area contributed by atoms with Crippen molar-refractivity contribution in [3.05, 3.63) is 0 Å². The normalized spacial score (nSPS) is 19.6. The molecule has 3 heteroatoms. The van der Waals surface area contributed by atoms with Crippen LogP contribution in [0.2, 0.25) is 0 Å². The average Bonchev–Trinajstić information content (AvgIpc) is 2.27. The quantitative estimate of drug-likeness (QED) is 0.838. The molecule has 18 heavy (non-hydrogen) atoms. The van der Waals surface area contributed by atoms with Crippen LogP contribution in [-0.2, 0) is 4.79 Å². The molecule has 1 aliphatic carbocycles. The van der Waals surface area contributed by atoms with Crippen molar-refractivity contribution in [3.63, 3.8) is 0 Å². The van der Waals surface area contributed by atoms with Crippen LogP contribution in [0.5, 0.6) is 0 Å². The number of hydrogen-bond donors (Lipinski definition) is 1. The van der Waals surface area contributed by atoms with Gasteiger partial charge in [-0.1, -0.05) is 52.9 Å². The summed E-state index contributed by atoms with van der Waals surface area (Å²) in [6, 6.07) is -0.305. The molecule has 0 saturated heterocycles. The zero-order valence-electron chi connectivity index (χ0n) is 12.5. The first-order valence-electron chi connectivity index (χ1n) is 7.30. The number of hydrogen-bond acceptors (Lipinski definition) is 2. The lowest BCUT2D eigenvalue weighted by Crippen LogP contribution is -2.45. The molecule has 0 aromatic heterocycles. The predicted octanol–water partition coefficient (Wildman–Crippen LogP) is 2.79. The van der Waals surface area contributed by atoms with Crippen LogP contribution in [0, 0.1) is 11.3 Å². The van der Waals surface area contributed by atoms with Crippen molar-refractivity contribution in [2.45, 2.75) is 65.3 Å². The molecule has 1 saturated carbocycles. The van der Waals surface area contributed by atoms with Gasteiger partial charge in [-0.25, -0.2) is 0 Å². The van der Waals surface area contributed by atoms with E-state index in [9.17, 15) is 4.79 Å². The number of likely N-dealkylation sites (N-methyl/N-ethyl adjacent to an activating group) is 1. The lowest BCUT2D eigenvalue weighted by molar-refractivity contribution is -0.132. The van der Waals surface area contributed by atoms with E-state index in [0.717, 1.165) is 13.0 Å². The number of amides is 1. The standard InChI is InChI=1S/C15H30N2O/c1-15(2,3)11-17(4)14(18)13(16)10-12-8-6-5-7-9-12/h12-13H,5-11,16H2,1-4H3. The van der Waals surface area contributed by atoms with Gasteiger partial charge >= 0.3 is 0 Å².